The molecule has 0 bridgehead atoms. The van der Waals surface area contributed by atoms with Crippen molar-refractivity contribution in [3.63, 3.8) is 0 Å². The molecule has 0 amide bonds. The van der Waals surface area contributed by atoms with Gasteiger partial charge in [0.2, 0.25) is 10.0 Å². The molecule has 0 aromatic rings. The zero-order valence-corrected chi connectivity index (χ0v) is 9.48. The van der Waals surface area contributed by atoms with Crippen LogP contribution in [-0.2, 0) is 10.0 Å². The van der Waals surface area contributed by atoms with E-state index >= 15 is 0 Å². The molecule has 4 nitrogen and oxygen atoms in total. The Morgan fingerprint density at radius 1 is 1.38 bits per heavy atom. The van der Waals surface area contributed by atoms with E-state index in [1.54, 1.807) is 27.7 Å². The third kappa shape index (κ3) is 4.59. The summed E-state index contributed by atoms with van der Waals surface area (Å²) in [5.41, 5.74) is -0.485. The van der Waals surface area contributed by atoms with E-state index in [1.807, 2.05) is 0 Å². The largest absolute Gasteiger partial charge is 0.395 e. The molecule has 0 rings (SSSR count). The molecule has 0 aliphatic carbocycles. The maximum Gasteiger partial charge on any atom is 0.217 e. The molecule has 0 aromatic heterocycles. The van der Waals surface area contributed by atoms with Gasteiger partial charge in [-0.3, -0.25) is 0 Å². The third-order valence-electron chi connectivity index (χ3n) is 1.55. The molecule has 13 heavy (non-hydrogen) atoms. The molecule has 0 saturated carbocycles. The van der Waals surface area contributed by atoms with Crippen LogP contribution in [0.25, 0.3) is 0 Å². The minimum atomic E-state index is -3.38. The molecule has 0 aliphatic heterocycles. The fourth-order valence-electron chi connectivity index (χ4n) is 0.957. The van der Waals surface area contributed by atoms with Gasteiger partial charge in [0.05, 0.1) is 11.9 Å². The van der Waals surface area contributed by atoms with Gasteiger partial charge in [-0.15, -0.1) is 0 Å². The van der Waals surface area contributed by atoms with Crippen LogP contribution in [0, 0.1) is 0 Å². The number of aliphatic hydroxyl groups excluding tert-OH is 1. The number of hydrogen-bond acceptors (Lipinski definition) is 3. The summed E-state index contributed by atoms with van der Waals surface area (Å²) >= 11 is 0. The molecule has 1 atom stereocenters. The Morgan fingerprint density at radius 3 is 2.08 bits per heavy atom. The predicted octanol–water partition coefficient (Wildman–Crippen LogP) is 0.475. The van der Waals surface area contributed by atoms with Crippen molar-refractivity contribution in [1.82, 2.24) is 4.72 Å². The molecule has 0 saturated heterocycles. The topological polar surface area (TPSA) is 66.4 Å². The van der Waals surface area contributed by atoms with Gasteiger partial charge >= 0.3 is 0 Å². The lowest BCUT2D eigenvalue weighted by molar-refractivity contribution is 0.286. The van der Waals surface area contributed by atoms with E-state index in [0.717, 1.165) is 0 Å². The maximum absolute atomic E-state index is 11.5. The average Bonchev–Trinajstić information content (AvgIpc) is 1.83. The molecule has 0 aliphatic rings. The number of aliphatic hydroxyl groups is 1. The number of rotatable bonds is 4. The first-order valence-electron chi connectivity index (χ1n) is 4.36. The van der Waals surface area contributed by atoms with E-state index in [0.29, 0.717) is 6.42 Å². The Bertz CT molecular complexity index is 237. The number of sulfonamides is 1. The first-order valence-corrected chi connectivity index (χ1v) is 5.91. The van der Waals surface area contributed by atoms with Gasteiger partial charge < -0.3 is 5.11 Å². The van der Waals surface area contributed by atoms with Crippen molar-refractivity contribution in [3.05, 3.63) is 0 Å². The van der Waals surface area contributed by atoms with E-state index < -0.39 is 20.8 Å². The normalized spacial score (nSPS) is 15.8. The van der Waals surface area contributed by atoms with E-state index in [4.69, 9.17) is 5.11 Å². The van der Waals surface area contributed by atoms with Crippen molar-refractivity contribution in [3.8, 4) is 0 Å². The molecule has 5 heteroatoms. The van der Waals surface area contributed by atoms with Crippen LogP contribution in [0.4, 0.5) is 0 Å². The van der Waals surface area contributed by atoms with Gasteiger partial charge in [0.15, 0.2) is 0 Å². The Kier molecular flexibility index (Phi) is 4.35. The Morgan fingerprint density at radius 2 is 1.85 bits per heavy atom. The second-order valence-electron chi connectivity index (χ2n) is 4.11. The van der Waals surface area contributed by atoms with Crippen LogP contribution in [0.15, 0.2) is 0 Å². The predicted molar refractivity (Wildman–Crippen MR) is 53.0 cm³/mol. The molecule has 80 valence electrons. The van der Waals surface area contributed by atoms with E-state index in [2.05, 4.69) is 4.72 Å². The summed E-state index contributed by atoms with van der Waals surface area (Å²) in [6, 6.07) is 0. The van der Waals surface area contributed by atoms with Gasteiger partial charge in [0.25, 0.3) is 0 Å². The van der Waals surface area contributed by atoms with Crippen LogP contribution < -0.4 is 4.72 Å². The molecule has 1 unspecified atom stereocenters. The SMILES string of the molecule is CCC(CO)S(=O)(=O)NC(C)(C)C. The molecule has 0 aromatic carbocycles. The summed E-state index contributed by atoms with van der Waals surface area (Å²) in [4.78, 5) is 0. The van der Waals surface area contributed by atoms with Gasteiger partial charge in [-0.1, -0.05) is 6.92 Å². The minimum absolute atomic E-state index is 0.331. The van der Waals surface area contributed by atoms with Gasteiger partial charge in [0.1, 0.15) is 0 Å². The van der Waals surface area contributed by atoms with Gasteiger partial charge in [0, 0.05) is 5.54 Å². The van der Waals surface area contributed by atoms with E-state index in [-0.39, 0.29) is 6.61 Å². The third-order valence-corrected chi connectivity index (χ3v) is 3.80. The quantitative estimate of drug-likeness (QED) is 0.707. The van der Waals surface area contributed by atoms with Crippen LogP contribution >= 0.6 is 0 Å². The molecular formula is C8H19NO3S. The standard InChI is InChI=1S/C8H19NO3S/c1-5-7(6-10)13(11,12)9-8(2,3)4/h7,9-10H,5-6H2,1-4H3. The summed E-state index contributed by atoms with van der Waals surface area (Å²) < 4.78 is 25.6. The van der Waals surface area contributed by atoms with Crippen LogP contribution in [0.1, 0.15) is 34.1 Å². The van der Waals surface area contributed by atoms with Crippen molar-refractivity contribution in [2.45, 2.75) is 44.9 Å². The van der Waals surface area contributed by atoms with Gasteiger partial charge in [-0.05, 0) is 27.2 Å². The Hall–Kier alpha value is -0.130. The molecule has 0 heterocycles. The minimum Gasteiger partial charge on any atom is -0.395 e. The highest BCUT2D eigenvalue weighted by atomic mass is 32.2. The van der Waals surface area contributed by atoms with Crippen molar-refractivity contribution < 1.29 is 13.5 Å². The molecule has 0 spiro atoms. The summed E-state index contributed by atoms with van der Waals surface area (Å²) in [7, 11) is -3.38. The molecule has 0 radical (unpaired) electrons. The Labute approximate surface area is 80.4 Å². The van der Waals surface area contributed by atoms with Crippen LogP contribution in [0.3, 0.4) is 0 Å². The summed E-state index contributed by atoms with van der Waals surface area (Å²) in [5, 5.41) is 8.14. The second-order valence-corrected chi connectivity index (χ2v) is 6.07. The summed E-state index contributed by atoms with van der Waals surface area (Å²) in [5.74, 6) is 0. The number of nitrogens with one attached hydrogen (secondary N) is 1. The van der Waals surface area contributed by atoms with Crippen molar-refractivity contribution in [1.29, 1.82) is 0 Å². The Balaban J connectivity index is 4.58. The summed E-state index contributed by atoms with van der Waals surface area (Å²) in [6.07, 6.45) is 0.419. The average molecular weight is 209 g/mol. The smallest absolute Gasteiger partial charge is 0.217 e. The second kappa shape index (κ2) is 4.39. The zero-order chi connectivity index (χ0) is 10.7. The highest BCUT2D eigenvalue weighted by molar-refractivity contribution is 7.90. The fraction of sp³-hybridized carbons (Fsp3) is 1.00. The van der Waals surface area contributed by atoms with E-state index in [1.165, 1.54) is 0 Å². The fourth-order valence-corrected chi connectivity index (χ4v) is 2.61. The maximum atomic E-state index is 11.5. The molecular weight excluding hydrogens is 190 g/mol. The van der Waals surface area contributed by atoms with Crippen molar-refractivity contribution in [2.75, 3.05) is 6.61 Å². The van der Waals surface area contributed by atoms with Crippen LogP contribution in [0.2, 0.25) is 0 Å². The first kappa shape index (κ1) is 12.9. The monoisotopic (exact) mass is 209 g/mol. The first-order chi connectivity index (χ1) is 5.73. The lowest BCUT2D eigenvalue weighted by Gasteiger charge is -2.23. The molecule has 0 fully saturated rings. The number of hydrogen-bond donors (Lipinski definition) is 2. The summed E-state index contributed by atoms with van der Waals surface area (Å²) in [6.45, 7) is 6.72. The van der Waals surface area contributed by atoms with Crippen molar-refractivity contribution in [2.24, 2.45) is 0 Å². The van der Waals surface area contributed by atoms with E-state index in [9.17, 15) is 8.42 Å². The zero-order valence-electron chi connectivity index (χ0n) is 8.66. The molecule has 2 N–H and O–H groups in total. The highest BCUT2D eigenvalue weighted by Gasteiger charge is 2.27. The lowest BCUT2D eigenvalue weighted by Crippen LogP contribution is -2.46. The van der Waals surface area contributed by atoms with Gasteiger partial charge in [-0.25, -0.2) is 13.1 Å². The van der Waals surface area contributed by atoms with Gasteiger partial charge in [-0.2, -0.15) is 0 Å². The van der Waals surface area contributed by atoms with Crippen LogP contribution in [0.5, 0.6) is 0 Å². The lowest BCUT2D eigenvalue weighted by atomic mass is 10.1. The highest BCUT2D eigenvalue weighted by Crippen LogP contribution is 2.09. The van der Waals surface area contributed by atoms with Crippen LogP contribution in [-0.4, -0.2) is 30.9 Å². The van der Waals surface area contributed by atoms with Crippen molar-refractivity contribution >= 4 is 10.0 Å².